The second kappa shape index (κ2) is 9.19. The van der Waals surface area contributed by atoms with E-state index in [-0.39, 0.29) is 25.4 Å². The number of carbonyl (C=O) groups is 2. The Kier molecular flexibility index (Phi) is 7.60. The van der Waals surface area contributed by atoms with Gasteiger partial charge < -0.3 is 10.1 Å². The Morgan fingerprint density at radius 3 is 2.42 bits per heavy atom. The molecule has 0 aliphatic heterocycles. The minimum Gasteiger partial charge on any atom is -0.462 e. The molecule has 0 aliphatic carbocycles. The van der Waals surface area contributed by atoms with E-state index in [0.29, 0.717) is 17.9 Å². The molecule has 0 saturated heterocycles. The van der Waals surface area contributed by atoms with Crippen molar-refractivity contribution in [3.8, 4) is 0 Å². The van der Waals surface area contributed by atoms with Crippen LogP contribution in [0.5, 0.6) is 0 Å². The minimum absolute atomic E-state index is 0.0144. The van der Waals surface area contributed by atoms with Crippen molar-refractivity contribution < 1.29 is 22.7 Å². The second-order valence-corrected chi connectivity index (χ2v) is 6.99. The van der Waals surface area contributed by atoms with Gasteiger partial charge in [-0.25, -0.2) is 13.2 Å². The van der Waals surface area contributed by atoms with Crippen molar-refractivity contribution in [3.05, 3.63) is 42.5 Å². The molecule has 0 aromatic heterocycles. The maximum Gasteiger partial charge on any atom is 0.338 e. The van der Waals surface area contributed by atoms with Gasteiger partial charge in [-0.1, -0.05) is 6.08 Å². The van der Waals surface area contributed by atoms with Gasteiger partial charge in [0, 0.05) is 25.2 Å². The Morgan fingerprint density at radius 2 is 1.92 bits per heavy atom. The molecule has 24 heavy (non-hydrogen) atoms. The van der Waals surface area contributed by atoms with Crippen LogP contribution in [-0.4, -0.2) is 50.6 Å². The Bertz CT molecular complexity index is 683. The zero-order valence-electron chi connectivity index (χ0n) is 13.8. The summed E-state index contributed by atoms with van der Waals surface area (Å²) in [6.07, 6.45) is 2.57. The summed E-state index contributed by atoms with van der Waals surface area (Å²) < 4.78 is 29.1. The number of nitrogens with zero attached hydrogens (tertiary/aromatic N) is 1. The number of sulfonamides is 1. The van der Waals surface area contributed by atoms with Gasteiger partial charge in [0.1, 0.15) is 0 Å². The summed E-state index contributed by atoms with van der Waals surface area (Å²) in [4.78, 5) is 23.5. The molecule has 1 amide bonds. The number of rotatable bonds is 9. The van der Waals surface area contributed by atoms with E-state index in [0.717, 1.165) is 6.26 Å². The van der Waals surface area contributed by atoms with Crippen LogP contribution in [0.15, 0.2) is 36.9 Å². The van der Waals surface area contributed by atoms with Crippen LogP contribution in [-0.2, 0) is 19.6 Å². The molecular weight excluding hydrogens is 332 g/mol. The average Bonchev–Trinajstić information content (AvgIpc) is 2.51. The first-order valence-corrected chi connectivity index (χ1v) is 9.25. The van der Waals surface area contributed by atoms with E-state index in [1.165, 1.54) is 10.4 Å². The summed E-state index contributed by atoms with van der Waals surface area (Å²) in [5.74, 6) is -0.750. The van der Waals surface area contributed by atoms with Crippen LogP contribution in [0.3, 0.4) is 0 Å². The van der Waals surface area contributed by atoms with Crippen LogP contribution in [0.25, 0.3) is 0 Å². The van der Waals surface area contributed by atoms with Gasteiger partial charge in [0.25, 0.3) is 0 Å². The molecule has 1 rings (SSSR count). The molecule has 0 radical (unpaired) electrons. The van der Waals surface area contributed by atoms with E-state index in [1.54, 1.807) is 31.2 Å². The molecule has 1 aromatic carbocycles. The third kappa shape index (κ3) is 6.51. The third-order valence-corrected chi connectivity index (χ3v) is 4.34. The number of hydrogen-bond donors (Lipinski definition) is 1. The van der Waals surface area contributed by atoms with Gasteiger partial charge in [0.05, 0.1) is 18.4 Å². The van der Waals surface area contributed by atoms with Crippen molar-refractivity contribution in [3.63, 3.8) is 0 Å². The molecule has 0 saturated carbocycles. The van der Waals surface area contributed by atoms with Gasteiger partial charge >= 0.3 is 5.97 Å². The van der Waals surface area contributed by atoms with Crippen molar-refractivity contribution in [1.29, 1.82) is 0 Å². The Labute approximate surface area is 142 Å². The predicted octanol–water partition coefficient (Wildman–Crippen LogP) is 1.64. The van der Waals surface area contributed by atoms with E-state index in [4.69, 9.17) is 4.74 Å². The van der Waals surface area contributed by atoms with E-state index < -0.39 is 16.0 Å². The highest BCUT2D eigenvalue weighted by Gasteiger charge is 2.16. The number of esters is 1. The van der Waals surface area contributed by atoms with Crippen LogP contribution < -0.4 is 5.32 Å². The van der Waals surface area contributed by atoms with Crippen molar-refractivity contribution in [1.82, 2.24) is 4.31 Å². The van der Waals surface area contributed by atoms with Gasteiger partial charge in [0.15, 0.2) is 0 Å². The highest BCUT2D eigenvalue weighted by atomic mass is 32.2. The highest BCUT2D eigenvalue weighted by molar-refractivity contribution is 7.88. The lowest BCUT2D eigenvalue weighted by atomic mass is 10.2. The standard InChI is InChI=1S/C16H22N2O5S/c1-4-11-18(24(3,21)22)12-10-15(19)17-14-8-6-13(7-9-14)16(20)23-5-2/h4,6-9H,1,5,10-12H2,2-3H3,(H,17,19). The molecule has 0 fully saturated rings. The summed E-state index contributed by atoms with van der Waals surface area (Å²) in [6, 6.07) is 6.27. The zero-order valence-corrected chi connectivity index (χ0v) is 14.6. The maximum atomic E-state index is 11.9. The average molecular weight is 354 g/mol. The summed E-state index contributed by atoms with van der Waals surface area (Å²) in [6.45, 7) is 5.73. The number of ether oxygens (including phenoxy) is 1. The number of amides is 1. The van der Waals surface area contributed by atoms with Gasteiger partial charge in [-0.05, 0) is 31.2 Å². The number of carbonyl (C=O) groups excluding carboxylic acids is 2. The Hall–Kier alpha value is -2.19. The topological polar surface area (TPSA) is 92.8 Å². The van der Waals surface area contributed by atoms with Crippen molar-refractivity contribution >= 4 is 27.6 Å². The maximum absolute atomic E-state index is 11.9. The lowest BCUT2D eigenvalue weighted by molar-refractivity contribution is -0.116. The molecular formula is C16H22N2O5S. The van der Waals surface area contributed by atoms with Crippen molar-refractivity contribution in [2.24, 2.45) is 0 Å². The summed E-state index contributed by atoms with van der Waals surface area (Å²) in [5.41, 5.74) is 0.909. The van der Waals surface area contributed by atoms with Crippen LogP contribution in [0, 0.1) is 0 Å². The Morgan fingerprint density at radius 1 is 1.29 bits per heavy atom. The van der Waals surface area contributed by atoms with E-state index in [2.05, 4.69) is 11.9 Å². The third-order valence-electron chi connectivity index (χ3n) is 3.07. The molecule has 1 aromatic rings. The first kappa shape index (κ1) is 19.9. The quantitative estimate of drug-likeness (QED) is 0.537. The SMILES string of the molecule is C=CCN(CCC(=O)Nc1ccc(C(=O)OCC)cc1)S(C)(=O)=O. The van der Waals surface area contributed by atoms with Crippen LogP contribution in [0.1, 0.15) is 23.7 Å². The number of hydrogen-bond acceptors (Lipinski definition) is 5. The van der Waals surface area contributed by atoms with Gasteiger partial charge in [-0.3, -0.25) is 4.79 Å². The molecule has 1 N–H and O–H groups in total. The fourth-order valence-corrected chi connectivity index (χ4v) is 2.69. The monoisotopic (exact) mass is 354 g/mol. The molecule has 0 unspecified atom stereocenters. The van der Waals surface area contributed by atoms with E-state index >= 15 is 0 Å². The van der Waals surface area contributed by atoms with Crippen LogP contribution >= 0.6 is 0 Å². The lowest BCUT2D eigenvalue weighted by Crippen LogP contribution is -2.33. The second-order valence-electron chi connectivity index (χ2n) is 5.01. The zero-order chi connectivity index (χ0) is 18.2. The molecule has 132 valence electrons. The largest absolute Gasteiger partial charge is 0.462 e. The summed E-state index contributed by atoms with van der Waals surface area (Å²) in [7, 11) is -3.39. The smallest absolute Gasteiger partial charge is 0.338 e. The summed E-state index contributed by atoms with van der Waals surface area (Å²) in [5, 5.41) is 2.65. The number of nitrogens with one attached hydrogen (secondary N) is 1. The first-order valence-electron chi connectivity index (χ1n) is 7.41. The first-order chi connectivity index (χ1) is 11.3. The molecule has 0 bridgehead atoms. The molecule has 0 spiro atoms. The molecule has 0 atom stereocenters. The Balaban J connectivity index is 2.58. The fraction of sp³-hybridized carbons (Fsp3) is 0.375. The minimum atomic E-state index is -3.39. The molecule has 0 aliphatic rings. The van der Waals surface area contributed by atoms with E-state index in [9.17, 15) is 18.0 Å². The predicted molar refractivity (Wildman–Crippen MR) is 92.3 cm³/mol. The van der Waals surface area contributed by atoms with Gasteiger partial charge in [-0.15, -0.1) is 6.58 Å². The molecule has 0 heterocycles. The lowest BCUT2D eigenvalue weighted by Gasteiger charge is -2.17. The number of anilines is 1. The van der Waals surface area contributed by atoms with Gasteiger partial charge in [0.2, 0.25) is 15.9 Å². The van der Waals surface area contributed by atoms with E-state index in [1.807, 2.05) is 0 Å². The highest BCUT2D eigenvalue weighted by Crippen LogP contribution is 2.11. The van der Waals surface area contributed by atoms with Crippen LogP contribution in [0.4, 0.5) is 5.69 Å². The molecule has 8 heteroatoms. The number of benzene rings is 1. The van der Waals surface area contributed by atoms with Crippen molar-refractivity contribution in [2.75, 3.05) is 31.3 Å². The van der Waals surface area contributed by atoms with Gasteiger partial charge in [-0.2, -0.15) is 4.31 Å². The van der Waals surface area contributed by atoms with Crippen molar-refractivity contribution in [2.45, 2.75) is 13.3 Å². The molecule has 7 nitrogen and oxygen atoms in total. The fourth-order valence-electron chi connectivity index (χ4n) is 1.89. The normalized spacial score (nSPS) is 11.1. The van der Waals surface area contributed by atoms with Crippen LogP contribution in [0.2, 0.25) is 0 Å². The summed E-state index contributed by atoms with van der Waals surface area (Å²) >= 11 is 0.